The Kier molecular flexibility index (Phi) is 8.24. The van der Waals surface area contributed by atoms with Crippen LogP contribution < -0.4 is 35.8 Å². The molecule has 0 aliphatic carbocycles. The highest BCUT2D eigenvalue weighted by Crippen LogP contribution is 2.48. The fourth-order valence-electron chi connectivity index (χ4n) is 9.71. The van der Waals surface area contributed by atoms with Gasteiger partial charge in [0.05, 0.1) is 11.4 Å². The van der Waals surface area contributed by atoms with Gasteiger partial charge in [-0.2, -0.15) is 0 Å². The molecule has 2 aliphatic heterocycles. The van der Waals surface area contributed by atoms with Crippen LogP contribution in [0.4, 0.5) is 51.2 Å². The van der Waals surface area contributed by atoms with Gasteiger partial charge in [-0.15, -0.1) is 0 Å². The van der Waals surface area contributed by atoms with Crippen molar-refractivity contribution in [1.82, 2.24) is 0 Å². The summed E-state index contributed by atoms with van der Waals surface area (Å²) < 4.78 is 7.49. The highest BCUT2D eigenvalue weighted by atomic mass is 16.5. The third kappa shape index (κ3) is 5.70. The molecule has 2 heterocycles. The molecule has 12 rings (SSSR count). The van der Waals surface area contributed by atoms with Crippen molar-refractivity contribution in [2.75, 3.05) is 14.7 Å². The minimum Gasteiger partial charge on any atom is -0.458 e. The third-order valence-electron chi connectivity index (χ3n) is 12.2. The zero-order chi connectivity index (χ0) is 40.3. The van der Waals surface area contributed by atoms with E-state index in [1.54, 1.807) is 0 Å². The third-order valence-corrected chi connectivity index (χ3v) is 12.2. The molecule has 0 fully saturated rings. The summed E-state index contributed by atoms with van der Waals surface area (Å²) in [4.78, 5) is 7.14. The summed E-state index contributed by atoms with van der Waals surface area (Å²) in [6, 6.07) is 82.6. The number of hydrogen-bond donors (Lipinski definition) is 0. The van der Waals surface area contributed by atoms with Crippen LogP contribution in [0.5, 0.6) is 11.5 Å². The molecule has 0 saturated heterocycles. The minimum absolute atomic E-state index is 0.133. The molecule has 4 nitrogen and oxygen atoms in total. The summed E-state index contributed by atoms with van der Waals surface area (Å²) in [5.41, 5.74) is 13.3. The smallest absolute Gasteiger partial charge is 0.258 e. The van der Waals surface area contributed by atoms with E-state index in [9.17, 15) is 0 Å². The van der Waals surface area contributed by atoms with Crippen LogP contribution in [0.25, 0.3) is 21.5 Å². The molecule has 0 spiro atoms. The Labute approximate surface area is 355 Å². The number of hydrogen-bond acceptors (Lipinski definition) is 4. The van der Waals surface area contributed by atoms with Gasteiger partial charge in [-0.1, -0.05) is 146 Å². The van der Waals surface area contributed by atoms with E-state index in [1.807, 2.05) is 0 Å². The van der Waals surface area contributed by atoms with Gasteiger partial charge in [0.25, 0.3) is 6.71 Å². The van der Waals surface area contributed by atoms with E-state index in [-0.39, 0.29) is 6.71 Å². The second-order valence-electron chi connectivity index (χ2n) is 15.7. The lowest BCUT2D eigenvalue weighted by atomic mass is 9.33. The minimum atomic E-state index is -0.133. The zero-order valence-electron chi connectivity index (χ0n) is 33.3. The zero-order valence-corrected chi connectivity index (χ0v) is 33.3. The van der Waals surface area contributed by atoms with E-state index >= 15 is 0 Å². The highest BCUT2D eigenvalue weighted by molar-refractivity contribution is 7.02. The van der Waals surface area contributed by atoms with Crippen molar-refractivity contribution in [3.63, 3.8) is 0 Å². The number of anilines is 9. The maximum atomic E-state index is 7.49. The largest absolute Gasteiger partial charge is 0.458 e. The Morgan fingerprint density at radius 1 is 0.344 bits per heavy atom. The molecule has 0 N–H and O–H groups in total. The molecule has 0 bridgehead atoms. The summed E-state index contributed by atoms with van der Waals surface area (Å²) in [5, 5.41) is 4.77. The van der Waals surface area contributed by atoms with E-state index in [2.05, 4.69) is 245 Å². The molecular formula is C56H38BN3O. The van der Waals surface area contributed by atoms with Gasteiger partial charge in [-0.3, -0.25) is 0 Å². The molecule has 286 valence electrons. The Hall–Kier alpha value is -8.02. The van der Waals surface area contributed by atoms with Crippen LogP contribution in [0.15, 0.2) is 231 Å². The first-order valence-corrected chi connectivity index (χ1v) is 20.9. The Bertz CT molecular complexity index is 3160. The predicted molar refractivity (Wildman–Crippen MR) is 257 cm³/mol. The van der Waals surface area contributed by atoms with E-state index in [4.69, 9.17) is 4.74 Å². The number of fused-ring (bicyclic) bond motifs is 8. The lowest BCUT2D eigenvalue weighted by Gasteiger charge is -2.42. The van der Waals surface area contributed by atoms with E-state index in [1.165, 1.54) is 27.1 Å². The molecule has 0 aromatic heterocycles. The molecule has 0 unspecified atom stereocenters. The normalized spacial score (nSPS) is 12.3. The molecule has 0 radical (unpaired) electrons. The summed E-state index contributed by atoms with van der Waals surface area (Å²) in [6.07, 6.45) is 0. The maximum Gasteiger partial charge on any atom is 0.258 e. The Morgan fingerprint density at radius 3 is 1.44 bits per heavy atom. The number of para-hydroxylation sites is 5. The first-order chi connectivity index (χ1) is 30.3. The molecular weight excluding hydrogens is 741 g/mol. The van der Waals surface area contributed by atoms with Crippen molar-refractivity contribution in [3.05, 3.63) is 231 Å². The monoisotopic (exact) mass is 779 g/mol. The molecule has 0 atom stereocenters. The SMILES string of the molecule is c1ccc(N(c2ccccc2)c2cc3c4c(c2)N(c2ccccc2)c2ccc5ccccc5c2B4c2c(cc(N(c4ccccc4)c4ccccc4)c4ccccc24)O3)cc1. The van der Waals surface area contributed by atoms with Gasteiger partial charge in [0.15, 0.2) is 0 Å². The average molecular weight is 780 g/mol. The van der Waals surface area contributed by atoms with Gasteiger partial charge in [-0.25, -0.2) is 0 Å². The second-order valence-corrected chi connectivity index (χ2v) is 15.7. The highest BCUT2D eigenvalue weighted by Gasteiger charge is 2.45. The van der Waals surface area contributed by atoms with Gasteiger partial charge in [-0.05, 0) is 105 Å². The average Bonchev–Trinajstić information content (AvgIpc) is 3.33. The molecule has 61 heavy (non-hydrogen) atoms. The van der Waals surface area contributed by atoms with E-state index in [0.717, 1.165) is 73.5 Å². The van der Waals surface area contributed by atoms with Gasteiger partial charge in [0, 0.05) is 57.3 Å². The quantitative estimate of drug-likeness (QED) is 0.150. The Balaban J connectivity index is 1.19. The molecule has 10 aromatic rings. The topological polar surface area (TPSA) is 19.0 Å². The van der Waals surface area contributed by atoms with Crippen molar-refractivity contribution >= 4 is 95.8 Å². The Morgan fingerprint density at radius 2 is 0.836 bits per heavy atom. The molecule has 5 heteroatoms. The summed E-state index contributed by atoms with van der Waals surface area (Å²) in [7, 11) is 0. The lowest BCUT2D eigenvalue weighted by molar-refractivity contribution is 0.488. The van der Waals surface area contributed by atoms with Crippen LogP contribution in [0.3, 0.4) is 0 Å². The number of ether oxygens (including phenoxy) is 1. The molecule has 10 aromatic carbocycles. The van der Waals surface area contributed by atoms with E-state index in [0.29, 0.717) is 0 Å². The van der Waals surface area contributed by atoms with Gasteiger partial charge < -0.3 is 19.4 Å². The van der Waals surface area contributed by atoms with Gasteiger partial charge >= 0.3 is 0 Å². The molecule has 0 saturated carbocycles. The van der Waals surface area contributed by atoms with Crippen LogP contribution in [-0.4, -0.2) is 6.71 Å². The van der Waals surface area contributed by atoms with Crippen molar-refractivity contribution in [3.8, 4) is 11.5 Å². The summed E-state index contributed by atoms with van der Waals surface area (Å²) >= 11 is 0. The fraction of sp³-hybridized carbons (Fsp3) is 0. The van der Waals surface area contributed by atoms with Crippen molar-refractivity contribution in [2.45, 2.75) is 0 Å². The molecule has 2 aliphatic rings. The van der Waals surface area contributed by atoms with Gasteiger partial charge in [0.2, 0.25) is 0 Å². The molecule has 0 amide bonds. The van der Waals surface area contributed by atoms with Crippen molar-refractivity contribution < 1.29 is 4.74 Å². The van der Waals surface area contributed by atoms with Crippen molar-refractivity contribution in [2.24, 2.45) is 0 Å². The first-order valence-electron chi connectivity index (χ1n) is 20.9. The number of benzene rings is 10. The van der Waals surface area contributed by atoms with Crippen molar-refractivity contribution in [1.29, 1.82) is 0 Å². The second kappa shape index (κ2) is 14.4. The standard InChI is InChI=1S/C56H38BN3O/c1-6-21-40(22-7-1)58(41-23-8-2-9-24-41)45-36-51-56-52(37-45)61-53-38-50(59(42-25-10-3-11-26-42)43-27-12-4-13-28-43)47-32-18-19-33-48(47)55(53)57(56)54-46-31-17-16-20-39(46)34-35-49(54)60(51)44-29-14-5-15-30-44/h1-38H. The van der Waals surface area contributed by atoms with E-state index < -0.39 is 0 Å². The fourth-order valence-corrected chi connectivity index (χ4v) is 9.71. The maximum absolute atomic E-state index is 7.49. The summed E-state index contributed by atoms with van der Waals surface area (Å²) in [6.45, 7) is -0.133. The first kappa shape index (κ1) is 35.0. The van der Waals surface area contributed by atoms with Crippen LogP contribution in [0.1, 0.15) is 0 Å². The number of nitrogens with zero attached hydrogens (tertiary/aromatic N) is 3. The van der Waals surface area contributed by atoms with Crippen LogP contribution in [0, 0.1) is 0 Å². The summed E-state index contributed by atoms with van der Waals surface area (Å²) in [5.74, 6) is 1.69. The number of rotatable bonds is 7. The van der Waals surface area contributed by atoms with Crippen LogP contribution in [-0.2, 0) is 0 Å². The van der Waals surface area contributed by atoms with Crippen LogP contribution >= 0.6 is 0 Å². The lowest BCUT2D eigenvalue weighted by Crippen LogP contribution is -2.60. The van der Waals surface area contributed by atoms with Crippen LogP contribution in [0.2, 0.25) is 0 Å². The van der Waals surface area contributed by atoms with Gasteiger partial charge in [0.1, 0.15) is 11.5 Å². The predicted octanol–water partition coefficient (Wildman–Crippen LogP) is 13.3.